The Labute approximate surface area is 175 Å². The molecule has 0 saturated carbocycles. The number of benzene rings is 2. The molecule has 1 aliphatic rings. The molecule has 0 spiro atoms. The van der Waals surface area contributed by atoms with Gasteiger partial charge in [-0.25, -0.2) is 4.98 Å². The van der Waals surface area contributed by atoms with E-state index in [9.17, 15) is 0 Å². The number of hydrogen-bond donors (Lipinski definition) is 2. The summed E-state index contributed by atoms with van der Waals surface area (Å²) in [5.41, 5.74) is 4.99. The topological polar surface area (TPSA) is 58.5 Å². The lowest BCUT2D eigenvalue weighted by Crippen LogP contribution is -2.36. The summed E-state index contributed by atoms with van der Waals surface area (Å²) in [7, 11) is 1.78. The second kappa shape index (κ2) is 9.09. The first-order chi connectivity index (χ1) is 14.2. The second-order valence-corrected chi connectivity index (χ2v) is 8.43. The first-order valence-corrected chi connectivity index (χ1v) is 10.7. The van der Waals surface area contributed by atoms with Gasteiger partial charge in [-0.1, -0.05) is 30.3 Å². The highest BCUT2D eigenvalue weighted by atomic mass is 32.1. The normalized spacial score (nSPS) is 13.5. The molecule has 5 nitrogen and oxygen atoms in total. The molecule has 0 unspecified atom stereocenters. The highest BCUT2D eigenvalue weighted by Crippen LogP contribution is 2.30. The molecule has 2 aromatic carbocycles. The average molecular weight is 407 g/mol. The van der Waals surface area contributed by atoms with E-state index in [4.69, 9.17) is 4.74 Å². The fraction of sp³-hybridized carbons (Fsp3) is 0.304. The quantitative estimate of drug-likeness (QED) is 0.490. The molecule has 0 bridgehead atoms. The van der Waals surface area contributed by atoms with Gasteiger partial charge in [0.25, 0.3) is 0 Å². The number of aryl methyl sites for hydroxylation is 2. The third-order valence-corrected chi connectivity index (χ3v) is 5.87. The van der Waals surface area contributed by atoms with Crippen LogP contribution < -0.4 is 15.4 Å². The van der Waals surface area contributed by atoms with Crippen molar-refractivity contribution in [3.05, 3.63) is 69.7 Å². The number of ether oxygens (including phenoxy) is 1. The Kier molecular flexibility index (Phi) is 6.10. The maximum absolute atomic E-state index is 5.72. The van der Waals surface area contributed by atoms with E-state index in [1.165, 1.54) is 27.1 Å². The summed E-state index contributed by atoms with van der Waals surface area (Å²) in [4.78, 5) is 9.88. The van der Waals surface area contributed by atoms with Gasteiger partial charge in [0.15, 0.2) is 5.96 Å². The molecule has 1 aromatic heterocycles. The van der Waals surface area contributed by atoms with E-state index in [0.717, 1.165) is 42.7 Å². The highest BCUT2D eigenvalue weighted by Gasteiger charge is 2.11. The Balaban J connectivity index is 1.34. The largest absolute Gasteiger partial charge is 0.493 e. The van der Waals surface area contributed by atoms with E-state index in [1.807, 2.05) is 6.20 Å². The number of aliphatic imine (C=N–C) groups is 1. The van der Waals surface area contributed by atoms with Crippen LogP contribution in [-0.2, 0) is 19.5 Å². The predicted molar refractivity (Wildman–Crippen MR) is 120 cm³/mol. The van der Waals surface area contributed by atoms with Gasteiger partial charge in [-0.15, -0.1) is 11.3 Å². The summed E-state index contributed by atoms with van der Waals surface area (Å²) in [6, 6.07) is 15.2. The molecule has 0 saturated heterocycles. The zero-order valence-electron chi connectivity index (χ0n) is 16.9. The van der Waals surface area contributed by atoms with E-state index in [2.05, 4.69) is 70.0 Å². The Hall–Kier alpha value is -2.86. The average Bonchev–Trinajstić information content (AvgIpc) is 3.19. The van der Waals surface area contributed by atoms with Crippen molar-refractivity contribution in [2.45, 2.75) is 32.9 Å². The van der Waals surface area contributed by atoms with Crippen molar-refractivity contribution in [3.8, 4) is 16.9 Å². The summed E-state index contributed by atoms with van der Waals surface area (Å²) in [5.74, 6) is 1.81. The van der Waals surface area contributed by atoms with E-state index in [0.29, 0.717) is 6.54 Å². The number of rotatable bonds is 5. The van der Waals surface area contributed by atoms with Crippen LogP contribution in [0.3, 0.4) is 0 Å². The lowest BCUT2D eigenvalue weighted by atomic mass is 9.98. The van der Waals surface area contributed by atoms with Gasteiger partial charge >= 0.3 is 0 Å². The predicted octanol–water partition coefficient (Wildman–Crippen LogP) is 4.31. The SMILES string of the molecule is CN=C(NCc1ccc(-c2ccc3c(c2)CCCO3)cc1)NCc1ncc(C)s1. The van der Waals surface area contributed by atoms with Crippen LogP contribution in [0, 0.1) is 6.92 Å². The monoisotopic (exact) mass is 406 g/mol. The lowest BCUT2D eigenvalue weighted by molar-refractivity contribution is 0.288. The number of guanidine groups is 1. The molecular weight excluding hydrogens is 380 g/mol. The van der Waals surface area contributed by atoms with Crippen LogP contribution in [-0.4, -0.2) is 24.6 Å². The van der Waals surface area contributed by atoms with E-state index < -0.39 is 0 Å². The summed E-state index contributed by atoms with van der Waals surface area (Å²) in [6.45, 7) is 4.29. The van der Waals surface area contributed by atoms with Gasteiger partial charge in [-0.05, 0) is 54.2 Å². The van der Waals surface area contributed by atoms with Crippen LogP contribution in [0.2, 0.25) is 0 Å². The molecule has 4 rings (SSSR count). The maximum atomic E-state index is 5.72. The molecule has 3 aromatic rings. The van der Waals surface area contributed by atoms with Gasteiger partial charge in [0, 0.05) is 24.7 Å². The number of thiazole rings is 1. The molecule has 0 aliphatic carbocycles. The van der Waals surface area contributed by atoms with Gasteiger partial charge in [-0.3, -0.25) is 4.99 Å². The summed E-state index contributed by atoms with van der Waals surface area (Å²) < 4.78 is 5.72. The second-order valence-electron chi connectivity index (χ2n) is 7.12. The van der Waals surface area contributed by atoms with Gasteiger partial charge in [0.1, 0.15) is 10.8 Å². The van der Waals surface area contributed by atoms with Crippen molar-refractivity contribution in [2.24, 2.45) is 4.99 Å². The Bertz CT molecular complexity index is 994. The Morgan fingerprint density at radius 3 is 2.66 bits per heavy atom. The molecule has 0 atom stereocenters. The van der Waals surface area contributed by atoms with E-state index in [-0.39, 0.29) is 0 Å². The zero-order valence-corrected chi connectivity index (χ0v) is 17.7. The smallest absolute Gasteiger partial charge is 0.191 e. The minimum Gasteiger partial charge on any atom is -0.493 e. The van der Waals surface area contributed by atoms with Crippen molar-refractivity contribution in [3.63, 3.8) is 0 Å². The van der Waals surface area contributed by atoms with Gasteiger partial charge < -0.3 is 15.4 Å². The minimum atomic E-state index is 0.680. The zero-order chi connectivity index (χ0) is 20.1. The summed E-state index contributed by atoms with van der Waals surface area (Å²) >= 11 is 1.70. The third-order valence-electron chi connectivity index (χ3n) is 4.96. The molecule has 2 heterocycles. The molecule has 0 radical (unpaired) electrons. The Morgan fingerprint density at radius 2 is 1.90 bits per heavy atom. The lowest BCUT2D eigenvalue weighted by Gasteiger charge is -2.18. The van der Waals surface area contributed by atoms with Crippen molar-refractivity contribution >= 4 is 17.3 Å². The number of nitrogens with zero attached hydrogens (tertiary/aromatic N) is 2. The molecule has 150 valence electrons. The number of hydrogen-bond acceptors (Lipinski definition) is 4. The van der Waals surface area contributed by atoms with Crippen LogP contribution in [0.15, 0.2) is 53.7 Å². The molecule has 29 heavy (non-hydrogen) atoms. The summed E-state index contributed by atoms with van der Waals surface area (Å²) in [6.07, 6.45) is 4.09. The molecule has 2 N–H and O–H groups in total. The molecule has 0 fully saturated rings. The minimum absolute atomic E-state index is 0.680. The maximum Gasteiger partial charge on any atom is 0.191 e. The molecule has 6 heteroatoms. The van der Waals surface area contributed by atoms with Crippen LogP contribution in [0.25, 0.3) is 11.1 Å². The van der Waals surface area contributed by atoms with E-state index in [1.54, 1.807) is 18.4 Å². The van der Waals surface area contributed by atoms with Crippen molar-refractivity contribution in [2.75, 3.05) is 13.7 Å². The van der Waals surface area contributed by atoms with Crippen molar-refractivity contribution in [1.82, 2.24) is 15.6 Å². The number of nitrogens with one attached hydrogen (secondary N) is 2. The third kappa shape index (κ3) is 4.95. The van der Waals surface area contributed by atoms with Crippen molar-refractivity contribution < 1.29 is 4.74 Å². The van der Waals surface area contributed by atoms with E-state index >= 15 is 0 Å². The van der Waals surface area contributed by atoms with Gasteiger partial charge in [0.2, 0.25) is 0 Å². The highest BCUT2D eigenvalue weighted by molar-refractivity contribution is 7.11. The fourth-order valence-corrected chi connectivity index (χ4v) is 4.13. The first-order valence-electron chi connectivity index (χ1n) is 9.92. The Morgan fingerprint density at radius 1 is 1.10 bits per heavy atom. The molecule has 1 aliphatic heterocycles. The van der Waals surface area contributed by atoms with Crippen molar-refractivity contribution in [1.29, 1.82) is 0 Å². The van der Waals surface area contributed by atoms with Crippen LogP contribution in [0.4, 0.5) is 0 Å². The number of fused-ring (bicyclic) bond motifs is 1. The molecule has 0 amide bonds. The van der Waals surface area contributed by atoms with Gasteiger partial charge in [-0.2, -0.15) is 0 Å². The fourth-order valence-electron chi connectivity index (χ4n) is 3.40. The summed E-state index contributed by atoms with van der Waals surface area (Å²) in [5, 5.41) is 7.73. The van der Waals surface area contributed by atoms with Crippen LogP contribution in [0.5, 0.6) is 5.75 Å². The van der Waals surface area contributed by atoms with Crippen LogP contribution in [0.1, 0.15) is 27.4 Å². The molecular formula is C23H26N4OS. The first kappa shape index (κ1) is 19.5. The number of aromatic nitrogens is 1. The standard InChI is InChI=1S/C23H26N4OS/c1-16-13-25-22(29-16)15-27-23(24-2)26-14-17-5-7-18(8-6-17)19-9-10-21-20(12-19)4-3-11-28-21/h5-10,12-13H,3-4,11,14-15H2,1-2H3,(H2,24,26,27). The van der Waals surface area contributed by atoms with Crippen LogP contribution >= 0.6 is 11.3 Å². The van der Waals surface area contributed by atoms with Gasteiger partial charge in [0.05, 0.1) is 13.2 Å².